The highest BCUT2D eigenvalue weighted by Gasteiger charge is 2.27. The number of Topliss-reactive ketones (excluding diaryl/α,β-unsaturated/α-hetero) is 1. The van der Waals surface area contributed by atoms with Crippen LogP contribution in [0.15, 0.2) is 46.6 Å². The Balaban J connectivity index is 1.86. The molecule has 5 heteroatoms. The van der Waals surface area contributed by atoms with Gasteiger partial charge < -0.3 is 14.2 Å². The van der Waals surface area contributed by atoms with Gasteiger partial charge in [-0.1, -0.05) is 35.8 Å². The molecule has 2 aromatic rings. The number of ether oxygens (including phenoxy) is 3. The Kier molecular flexibility index (Phi) is 5.13. The van der Waals surface area contributed by atoms with E-state index < -0.39 is 0 Å². The standard InChI is InChI=1S/C20H19BrO4/c1-12(2)11-24-17-6-4-13(8-18(17)23-3)9-19-20(22)15-10-14(21)5-7-16(15)25-19/h4-10,12H,11H2,1-3H3/b19-9-. The molecule has 0 spiro atoms. The summed E-state index contributed by atoms with van der Waals surface area (Å²) in [6.45, 7) is 4.79. The first kappa shape index (κ1) is 17.5. The number of ketones is 1. The van der Waals surface area contributed by atoms with Crippen molar-refractivity contribution in [2.75, 3.05) is 13.7 Å². The molecule has 3 rings (SSSR count). The number of carbonyl (C=O) groups is 1. The Bertz CT molecular complexity index is 840. The van der Waals surface area contributed by atoms with Gasteiger partial charge in [0, 0.05) is 4.47 Å². The Morgan fingerprint density at radius 2 is 1.96 bits per heavy atom. The number of hydrogen-bond acceptors (Lipinski definition) is 4. The maximum atomic E-state index is 12.5. The average molecular weight is 403 g/mol. The lowest BCUT2D eigenvalue weighted by Crippen LogP contribution is -2.05. The van der Waals surface area contributed by atoms with Gasteiger partial charge in [-0.15, -0.1) is 0 Å². The molecular formula is C20H19BrO4. The van der Waals surface area contributed by atoms with Gasteiger partial charge in [0.15, 0.2) is 17.3 Å². The van der Waals surface area contributed by atoms with Crippen molar-refractivity contribution >= 4 is 27.8 Å². The van der Waals surface area contributed by atoms with E-state index >= 15 is 0 Å². The summed E-state index contributed by atoms with van der Waals surface area (Å²) in [5.41, 5.74) is 1.37. The molecule has 0 unspecified atom stereocenters. The van der Waals surface area contributed by atoms with Gasteiger partial charge in [-0.2, -0.15) is 0 Å². The van der Waals surface area contributed by atoms with Crippen molar-refractivity contribution in [1.82, 2.24) is 0 Å². The van der Waals surface area contributed by atoms with Crippen LogP contribution in [0.2, 0.25) is 0 Å². The van der Waals surface area contributed by atoms with Gasteiger partial charge in [0.25, 0.3) is 0 Å². The number of allylic oxidation sites excluding steroid dienone is 1. The van der Waals surface area contributed by atoms with Crippen molar-refractivity contribution in [2.45, 2.75) is 13.8 Å². The molecule has 0 aromatic heterocycles. The van der Waals surface area contributed by atoms with E-state index in [4.69, 9.17) is 14.2 Å². The predicted molar refractivity (Wildman–Crippen MR) is 100 cm³/mol. The van der Waals surface area contributed by atoms with Crippen LogP contribution in [-0.2, 0) is 0 Å². The summed E-state index contributed by atoms with van der Waals surface area (Å²) in [5, 5.41) is 0. The summed E-state index contributed by atoms with van der Waals surface area (Å²) >= 11 is 3.37. The van der Waals surface area contributed by atoms with Crippen LogP contribution in [-0.4, -0.2) is 19.5 Å². The molecule has 0 aliphatic carbocycles. The van der Waals surface area contributed by atoms with E-state index in [0.29, 0.717) is 41.1 Å². The number of benzene rings is 2. The Labute approximate surface area is 155 Å². The number of methoxy groups -OCH3 is 1. The molecule has 130 valence electrons. The monoisotopic (exact) mass is 402 g/mol. The fourth-order valence-corrected chi connectivity index (χ4v) is 2.82. The minimum absolute atomic E-state index is 0.129. The van der Waals surface area contributed by atoms with E-state index in [2.05, 4.69) is 29.8 Å². The molecule has 0 bridgehead atoms. The van der Waals surface area contributed by atoms with Gasteiger partial charge in [0.1, 0.15) is 5.75 Å². The summed E-state index contributed by atoms with van der Waals surface area (Å²) < 4.78 is 17.7. The first-order valence-corrected chi connectivity index (χ1v) is 8.82. The smallest absolute Gasteiger partial charge is 0.232 e. The Morgan fingerprint density at radius 1 is 1.16 bits per heavy atom. The van der Waals surface area contributed by atoms with Crippen LogP contribution in [0, 0.1) is 5.92 Å². The van der Waals surface area contributed by atoms with Gasteiger partial charge in [0.05, 0.1) is 19.3 Å². The predicted octanol–water partition coefficient (Wildman–Crippen LogP) is 5.11. The number of fused-ring (bicyclic) bond motifs is 1. The maximum absolute atomic E-state index is 12.5. The maximum Gasteiger partial charge on any atom is 0.232 e. The van der Waals surface area contributed by atoms with Crippen LogP contribution in [0.3, 0.4) is 0 Å². The Morgan fingerprint density at radius 3 is 2.68 bits per heavy atom. The lowest BCUT2D eigenvalue weighted by atomic mass is 10.1. The average Bonchev–Trinajstić information content (AvgIpc) is 2.89. The summed E-state index contributed by atoms with van der Waals surface area (Å²) in [6.07, 6.45) is 1.71. The summed E-state index contributed by atoms with van der Waals surface area (Å²) in [4.78, 5) is 12.5. The van der Waals surface area contributed by atoms with E-state index in [1.54, 1.807) is 25.3 Å². The number of carbonyl (C=O) groups excluding carboxylic acids is 1. The molecule has 0 saturated heterocycles. The van der Waals surface area contributed by atoms with Crippen molar-refractivity contribution in [1.29, 1.82) is 0 Å². The molecule has 0 radical (unpaired) electrons. The van der Waals surface area contributed by atoms with Crippen LogP contribution in [0.25, 0.3) is 6.08 Å². The van der Waals surface area contributed by atoms with Crippen molar-refractivity contribution in [2.24, 2.45) is 5.92 Å². The first-order chi connectivity index (χ1) is 12.0. The van der Waals surface area contributed by atoms with Gasteiger partial charge in [-0.05, 0) is 47.9 Å². The Hall–Kier alpha value is -2.27. The van der Waals surface area contributed by atoms with Gasteiger partial charge >= 0.3 is 0 Å². The molecule has 0 N–H and O–H groups in total. The van der Waals surface area contributed by atoms with Crippen LogP contribution in [0.5, 0.6) is 17.2 Å². The third-order valence-corrected chi connectivity index (χ3v) is 4.18. The molecule has 0 amide bonds. The lowest BCUT2D eigenvalue weighted by molar-refractivity contribution is 0.101. The molecule has 2 aromatic carbocycles. The highest BCUT2D eigenvalue weighted by atomic mass is 79.9. The molecule has 1 aliphatic rings. The van der Waals surface area contributed by atoms with E-state index in [0.717, 1.165) is 10.0 Å². The van der Waals surface area contributed by atoms with E-state index in [-0.39, 0.29) is 5.78 Å². The topological polar surface area (TPSA) is 44.8 Å². The summed E-state index contributed by atoms with van der Waals surface area (Å²) in [6, 6.07) is 10.9. The zero-order valence-electron chi connectivity index (χ0n) is 14.3. The zero-order valence-corrected chi connectivity index (χ0v) is 15.9. The zero-order chi connectivity index (χ0) is 18.0. The quantitative estimate of drug-likeness (QED) is 0.651. The fourth-order valence-electron chi connectivity index (χ4n) is 2.46. The van der Waals surface area contributed by atoms with Crippen molar-refractivity contribution in [3.05, 3.63) is 57.8 Å². The molecule has 0 fully saturated rings. The first-order valence-electron chi connectivity index (χ1n) is 8.02. The molecular weight excluding hydrogens is 384 g/mol. The fraction of sp³-hybridized carbons (Fsp3) is 0.250. The molecule has 0 atom stereocenters. The summed E-state index contributed by atoms with van der Waals surface area (Å²) in [5.74, 6) is 2.48. The van der Waals surface area contributed by atoms with Crippen molar-refractivity contribution in [3.63, 3.8) is 0 Å². The van der Waals surface area contributed by atoms with E-state index in [1.165, 1.54) is 0 Å². The second kappa shape index (κ2) is 7.31. The van der Waals surface area contributed by atoms with Gasteiger partial charge in [0.2, 0.25) is 5.78 Å². The third-order valence-electron chi connectivity index (χ3n) is 3.69. The minimum atomic E-state index is -0.129. The van der Waals surface area contributed by atoms with Gasteiger partial charge in [-0.25, -0.2) is 0 Å². The third kappa shape index (κ3) is 3.87. The highest BCUT2D eigenvalue weighted by Crippen LogP contribution is 2.35. The number of halogens is 1. The van der Waals surface area contributed by atoms with E-state index in [9.17, 15) is 4.79 Å². The van der Waals surface area contributed by atoms with Crippen LogP contribution >= 0.6 is 15.9 Å². The normalized spacial score (nSPS) is 14.6. The molecule has 0 saturated carbocycles. The highest BCUT2D eigenvalue weighted by molar-refractivity contribution is 9.10. The van der Waals surface area contributed by atoms with Crippen molar-refractivity contribution < 1.29 is 19.0 Å². The van der Waals surface area contributed by atoms with E-state index in [1.807, 2.05) is 24.3 Å². The summed E-state index contributed by atoms with van der Waals surface area (Å²) in [7, 11) is 1.60. The van der Waals surface area contributed by atoms with Crippen LogP contribution < -0.4 is 14.2 Å². The number of rotatable bonds is 5. The largest absolute Gasteiger partial charge is 0.493 e. The minimum Gasteiger partial charge on any atom is -0.493 e. The lowest BCUT2D eigenvalue weighted by Gasteiger charge is -2.13. The number of hydrogen-bond donors (Lipinski definition) is 0. The molecule has 1 heterocycles. The SMILES string of the molecule is COc1cc(/C=C2\Oc3ccc(Br)cc3C2=O)ccc1OCC(C)C. The second-order valence-electron chi connectivity index (χ2n) is 6.20. The van der Waals surface area contributed by atoms with Crippen molar-refractivity contribution in [3.8, 4) is 17.2 Å². The van der Waals surface area contributed by atoms with Gasteiger partial charge in [-0.3, -0.25) is 4.79 Å². The van der Waals surface area contributed by atoms with Crippen LogP contribution in [0.1, 0.15) is 29.8 Å². The second-order valence-corrected chi connectivity index (χ2v) is 7.11. The van der Waals surface area contributed by atoms with Crippen LogP contribution in [0.4, 0.5) is 0 Å². The molecule has 4 nitrogen and oxygen atoms in total. The molecule has 25 heavy (non-hydrogen) atoms. The molecule has 1 aliphatic heterocycles.